The lowest BCUT2D eigenvalue weighted by Crippen LogP contribution is -1.92. The van der Waals surface area contributed by atoms with E-state index in [1.54, 1.807) is 0 Å². The SMILES string of the molecule is c1ccc(-n2c3ccccc3c3oc4c(-c5cccc(-c6ccc7c(c6)oc6cc8ccccc8cc67)c5)cccc4c32)cc1. The molecule has 0 amide bonds. The standard InChI is InChI=1S/C42H25NO2/c1-2-14-31(15-3-1)43-37-19-7-6-16-34(37)42-40(43)35-18-9-17-32(41(35)45-42)30-13-8-12-26(22-30)29-20-21-33-36-23-27-10-4-5-11-28(27)24-39(36)44-38(33)25-29/h1-25H. The normalized spacial score (nSPS) is 12.0. The third kappa shape index (κ3) is 3.58. The summed E-state index contributed by atoms with van der Waals surface area (Å²) in [5.74, 6) is 0. The molecule has 10 aromatic rings. The summed E-state index contributed by atoms with van der Waals surface area (Å²) in [6.45, 7) is 0. The molecule has 0 fully saturated rings. The summed E-state index contributed by atoms with van der Waals surface area (Å²) >= 11 is 0. The van der Waals surface area contributed by atoms with Crippen LogP contribution in [0, 0.1) is 0 Å². The maximum absolute atomic E-state index is 6.79. The molecule has 3 aromatic heterocycles. The fourth-order valence-electron chi connectivity index (χ4n) is 7.07. The van der Waals surface area contributed by atoms with Crippen molar-refractivity contribution in [2.75, 3.05) is 0 Å². The zero-order chi connectivity index (χ0) is 29.5. The summed E-state index contributed by atoms with van der Waals surface area (Å²) in [5, 5.41) is 6.90. The van der Waals surface area contributed by atoms with Gasteiger partial charge in [0.15, 0.2) is 5.58 Å². The molecule has 7 aromatic carbocycles. The molecule has 45 heavy (non-hydrogen) atoms. The highest BCUT2D eigenvalue weighted by molar-refractivity contribution is 6.18. The van der Waals surface area contributed by atoms with Crippen LogP contribution >= 0.6 is 0 Å². The van der Waals surface area contributed by atoms with Crippen molar-refractivity contribution in [1.82, 2.24) is 4.57 Å². The summed E-state index contributed by atoms with van der Waals surface area (Å²) in [6.07, 6.45) is 0. The van der Waals surface area contributed by atoms with Crippen LogP contribution in [-0.4, -0.2) is 4.57 Å². The Morgan fingerprint density at radius 2 is 1.11 bits per heavy atom. The lowest BCUT2D eigenvalue weighted by molar-refractivity contribution is 0.669. The van der Waals surface area contributed by atoms with E-state index in [9.17, 15) is 0 Å². The van der Waals surface area contributed by atoms with Crippen LogP contribution in [-0.2, 0) is 0 Å². The van der Waals surface area contributed by atoms with Crippen molar-refractivity contribution in [2.45, 2.75) is 0 Å². The minimum atomic E-state index is 0.896. The molecule has 10 rings (SSSR count). The van der Waals surface area contributed by atoms with Gasteiger partial charge >= 0.3 is 0 Å². The van der Waals surface area contributed by atoms with Gasteiger partial charge < -0.3 is 13.4 Å². The maximum atomic E-state index is 6.79. The zero-order valence-electron chi connectivity index (χ0n) is 24.2. The van der Waals surface area contributed by atoms with Crippen molar-refractivity contribution >= 4 is 65.7 Å². The molecule has 0 unspecified atom stereocenters. The highest BCUT2D eigenvalue weighted by atomic mass is 16.3. The first kappa shape index (κ1) is 24.4. The van der Waals surface area contributed by atoms with Crippen molar-refractivity contribution in [3.63, 3.8) is 0 Å². The van der Waals surface area contributed by atoms with E-state index in [4.69, 9.17) is 8.83 Å². The van der Waals surface area contributed by atoms with Crippen LogP contribution in [0.15, 0.2) is 160 Å². The molecule has 0 saturated heterocycles. The topological polar surface area (TPSA) is 31.2 Å². The smallest absolute Gasteiger partial charge is 0.161 e. The van der Waals surface area contributed by atoms with Gasteiger partial charge in [-0.15, -0.1) is 0 Å². The molecule has 0 saturated carbocycles. The summed E-state index contributed by atoms with van der Waals surface area (Å²) in [4.78, 5) is 0. The molecule has 3 heterocycles. The van der Waals surface area contributed by atoms with E-state index in [0.717, 1.165) is 82.9 Å². The molecule has 3 nitrogen and oxygen atoms in total. The van der Waals surface area contributed by atoms with E-state index in [1.807, 2.05) is 0 Å². The van der Waals surface area contributed by atoms with Crippen molar-refractivity contribution in [1.29, 1.82) is 0 Å². The first-order valence-corrected chi connectivity index (χ1v) is 15.3. The number of para-hydroxylation sites is 3. The first-order chi connectivity index (χ1) is 22.3. The quantitative estimate of drug-likeness (QED) is 0.210. The Balaban J connectivity index is 1.14. The third-order valence-electron chi connectivity index (χ3n) is 9.16. The van der Waals surface area contributed by atoms with E-state index in [0.29, 0.717) is 0 Å². The van der Waals surface area contributed by atoms with Crippen molar-refractivity contribution in [3.05, 3.63) is 152 Å². The number of nitrogens with zero attached hydrogens (tertiary/aromatic N) is 1. The molecular weight excluding hydrogens is 550 g/mol. The Bertz CT molecular complexity index is 2760. The molecule has 0 aliphatic heterocycles. The highest BCUT2D eigenvalue weighted by Gasteiger charge is 2.21. The number of aromatic nitrogens is 1. The highest BCUT2D eigenvalue weighted by Crippen LogP contribution is 2.42. The molecule has 0 radical (unpaired) electrons. The molecule has 210 valence electrons. The van der Waals surface area contributed by atoms with E-state index in [1.165, 1.54) is 10.8 Å². The van der Waals surface area contributed by atoms with Crippen LogP contribution < -0.4 is 0 Å². The summed E-state index contributed by atoms with van der Waals surface area (Å²) in [6, 6.07) is 53.5. The molecule has 0 spiro atoms. The lowest BCUT2D eigenvalue weighted by Gasteiger charge is -2.09. The van der Waals surface area contributed by atoms with Gasteiger partial charge in [0, 0.05) is 32.8 Å². The summed E-state index contributed by atoms with van der Waals surface area (Å²) in [7, 11) is 0. The van der Waals surface area contributed by atoms with E-state index in [2.05, 4.69) is 156 Å². The molecule has 0 aliphatic rings. The molecule has 0 aliphatic carbocycles. The first-order valence-electron chi connectivity index (χ1n) is 15.3. The Labute approximate surface area is 258 Å². The minimum absolute atomic E-state index is 0.896. The maximum Gasteiger partial charge on any atom is 0.161 e. The van der Waals surface area contributed by atoms with Gasteiger partial charge in [-0.25, -0.2) is 0 Å². The Morgan fingerprint density at radius 3 is 2.02 bits per heavy atom. The average Bonchev–Trinajstić information content (AvgIpc) is 3.76. The second-order valence-corrected chi connectivity index (χ2v) is 11.7. The largest absolute Gasteiger partial charge is 0.456 e. The van der Waals surface area contributed by atoms with Gasteiger partial charge in [-0.1, -0.05) is 91.0 Å². The number of benzene rings is 7. The average molecular weight is 576 g/mol. The van der Waals surface area contributed by atoms with Crippen molar-refractivity contribution in [3.8, 4) is 27.9 Å². The zero-order valence-corrected chi connectivity index (χ0v) is 24.2. The number of hydrogen-bond donors (Lipinski definition) is 0. The number of furan rings is 2. The summed E-state index contributed by atoms with van der Waals surface area (Å²) in [5.41, 5.74) is 11.4. The summed E-state index contributed by atoms with van der Waals surface area (Å²) < 4.78 is 15.5. The van der Waals surface area contributed by atoms with Crippen LogP contribution in [0.1, 0.15) is 0 Å². The second-order valence-electron chi connectivity index (χ2n) is 11.7. The molecule has 0 atom stereocenters. The van der Waals surface area contributed by atoms with Gasteiger partial charge in [0.1, 0.15) is 22.3 Å². The van der Waals surface area contributed by atoms with E-state index < -0.39 is 0 Å². The van der Waals surface area contributed by atoms with Crippen LogP contribution in [0.25, 0.3) is 93.6 Å². The predicted octanol–water partition coefficient (Wildman–Crippen LogP) is 11.9. The molecule has 0 N–H and O–H groups in total. The van der Waals surface area contributed by atoms with Crippen LogP contribution in [0.4, 0.5) is 0 Å². The molecule has 3 heteroatoms. The van der Waals surface area contributed by atoms with Gasteiger partial charge in [0.25, 0.3) is 0 Å². The van der Waals surface area contributed by atoms with E-state index >= 15 is 0 Å². The minimum Gasteiger partial charge on any atom is -0.456 e. The Morgan fingerprint density at radius 1 is 0.400 bits per heavy atom. The second kappa shape index (κ2) is 9.22. The van der Waals surface area contributed by atoms with Crippen molar-refractivity contribution in [2.24, 2.45) is 0 Å². The Hall–Kier alpha value is -6.06. The number of fused-ring (bicyclic) bond motifs is 9. The monoisotopic (exact) mass is 575 g/mol. The van der Waals surface area contributed by atoms with Gasteiger partial charge in [0.2, 0.25) is 0 Å². The number of hydrogen-bond acceptors (Lipinski definition) is 2. The fraction of sp³-hybridized carbons (Fsp3) is 0. The molecule has 0 bridgehead atoms. The number of rotatable bonds is 3. The van der Waals surface area contributed by atoms with Crippen LogP contribution in [0.2, 0.25) is 0 Å². The lowest BCUT2D eigenvalue weighted by atomic mass is 9.97. The van der Waals surface area contributed by atoms with Crippen LogP contribution in [0.5, 0.6) is 0 Å². The van der Waals surface area contributed by atoms with Gasteiger partial charge in [-0.2, -0.15) is 0 Å². The van der Waals surface area contributed by atoms with Crippen molar-refractivity contribution < 1.29 is 8.83 Å². The van der Waals surface area contributed by atoms with Gasteiger partial charge in [-0.05, 0) is 88.1 Å². The predicted molar refractivity (Wildman–Crippen MR) is 186 cm³/mol. The van der Waals surface area contributed by atoms with Gasteiger partial charge in [-0.3, -0.25) is 0 Å². The fourth-order valence-corrected chi connectivity index (χ4v) is 7.07. The van der Waals surface area contributed by atoms with Gasteiger partial charge in [0.05, 0.1) is 5.52 Å². The van der Waals surface area contributed by atoms with E-state index in [-0.39, 0.29) is 0 Å². The van der Waals surface area contributed by atoms with Crippen LogP contribution in [0.3, 0.4) is 0 Å². The molecular formula is C42H25NO2. The third-order valence-corrected chi connectivity index (χ3v) is 9.16. The Kier molecular flexibility index (Phi) is 5.00.